The molecule has 2 unspecified atom stereocenters. The van der Waals surface area contributed by atoms with Gasteiger partial charge in [0.05, 0.1) is 11.7 Å². The zero-order valence-electron chi connectivity index (χ0n) is 20.0. The molecule has 194 valence electrons. The maximum atomic E-state index is 12.4. The minimum atomic E-state index is -0.728. The molecule has 1 fully saturated rings. The van der Waals surface area contributed by atoms with Crippen molar-refractivity contribution >= 4 is 40.6 Å². The maximum Gasteiger partial charge on any atom is 0.324 e. The van der Waals surface area contributed by atoms with E-state index in [9.17, 15) is 9.59 Å². The van der Waals surface area contributed by atoms with Gasteiger partial charge in [0.15, 0.2) is 11.6 Å². The fraction of sp³-hybridized carbons (Fsp3) is 0.250. The minimum Gasteiger partial charge on any atom is -0.490 e. The third-order valence-corrected chi connectivity index (χ3v) is 5.75. The third kappa shape index (κ3) is 6.15. The van der Waals surface area contributed by atoms with E-state index in [-0.39, 0.29) is 41.8 Å². The van der Waals surface area contributed by atoms with Gasteiger partial charge >= 0.3 is 6.03 Å². The Bertz CT molecular complexity index is 1260. The van der Waals surface area contributed by atoms with Gasteiger partial charge in [-0.1, -0.05) is 18.2 Å². The second kappa shape index (κ2) is 11.4. The van der Waals surface area contributed by atoms with Crippen molar-refractivity contribution in [2.45, 2.75) is 25.2 Å². The van der Waals surface area contributed by atoms with E-state index in [0.29, 0.717) is 30.0 Å². The molecular formula is C24H28N8O5. The largest absolute Gasteiger partial charge is 0.490 e. The fourth-order valence-electron chi connectivity index (χ4n) is 3.88. The van der Waals surface area contributed by atoms with Gasteiger partial charge in [-0.3, -0.25) is 15.3 Å². The normalized spacial score (nSPS) is 16.6. The van der Waals surface area contributed by atoms with Crippen molar-refractivity contribution in [1.29, 1.82) is 0 Å². The van der Waals surface area contributed by atoms with Gasteiger partial charge < -0.3 is 31.2 Å². The first-order valence-corrected chi connectivity index (χ1v) is 11.4. The van der Waals surface area contributed by atoms with Crippen LogP contribution in [0.3, 0.4) is 0 Å². The van der Waals surface area contributed by atoms with E-state index in [4.69, 9.17) is 26.1 Å². The molecule has 3 amide bonds. The number of anilines is 5. The molecule has 0 saturated carbocycles. The monoisotopic (exact) mass is 508 g/mol. The van der Waals surface area contributed by atoms with Crippen molar-refractivity contribution in [1.82, 2.24) is 15.4 Å². The number of hydrogen-bond acceptors (Lipinski definition) is 10. The van der Waals surface area contributed by atoms with Crippen LogP contribution in [-0.4, -0.2) is 53.1 Å². The van der Waals surface area contributed by atoms with Crippen molar-refractivity contribution in [3.63, 3.8) is 0 Å². The Kier molecular flexibility index (Phi) is 7.86. The van der Waals surface area contributed by atoms with Crippen LogP contribution in [0.25, 0.3) is 0 Å². The number of carbonyl (C=O) groups excluding carboxylic acids is 2. The molecule has 13 heteroatoms. The Morgan fingerprint density at radius 1 is 1.14 bits per heavy atom. The van der Waals surface area contributed by atoms with E-state index in [1.807, 2.05) is 18.2 Å². The van der Waals surface area contributed by atoms with E-state index in [0.717, 1.165) is 0 Å². The third-order valence-electron chi connectivity index (χ3n) is 5.75. The lowest BCUT2D eigenvalue weighted by Gasteiger charge is -2.27. The second-order valence-electron chi connectivity index (χ2n) is 8.31. The van der Waals surface area contributed by atoms with E-state index >= 15 is 0 Å². The van der Waals surface area contributed by atoms with E-state index in [2.05, 4.69) is 20.6 Å². The number of para-hydroxylation sites is 1. The molecule has 2 atom stereocenters. The van der Waals surface area contributed by atoms with Crippen LogP contribution in [0.1, 0.15) is 23.2 Å². The smallest absolute Gasteiger partial charge is 0.324 e. The van der Waals surface area contributed by atoms with E-state index in [1.165, 1.54) is 12.4 Å². The van der Waals surface area contributed by atoms with Gasteiger partial charge in [-0.15, -0.1) is 0 Å². The molecule has 2 heterocycles. The summed E-state index contributed by atoms with van der Waals surface area (Å²) in [5.74, 6) is 0.109. The number of nitrogens with two attached hydrogens (primary N) is 2. The van der Waals surface area contributed by atoms with E-state index in [1.54, 1.807) is 41.7 Å². The molecule has 4 rings (SSSR count). The van der Waals surface area contributed by atoms with Crippen molar-refractivity contribution in [3.8, 4) is 5.75 Å². The lowest BCUT2D eigenvalue weighted by molar-refractivity contribution is 0.0183. The molecule has 1 aromatic heterocycles. The number of aromatic nitrogens is 2. The topological polar surface area (TPSA) is 190 Å². The summed E-state index contributed by atoms with van der Waals surface area (Å²) in [7, 11) is 1.78. The van der Waals surface area contributed by atoms with Crippen molar-refractivity contribution in [2.75, 3.05) is 40.7 Å². The number of nitrogen functional groups attached to an aromatic ring is 2. The summed E-state index contributed by atoms with van der Waals surface area (Å²) in [6.07, 6.45) is 2.03. The first-order chi connectivity index (χ1) is 17.9. The molecule has 1 saturated heterocycles. The summed E-state index contributed by atoms with van der Waals surface area (Å²) in [5, 5.41) is 14.3. The molecule has 1 aliphatic heterocycles. The number of carbonyl (C=O) groups is 2. The molecule has 0 spiro atoms. The lowest BCUT2D eigenvalue weighted by atomic mass is 10.1. The zero-order chi connectivity index (χ0) is 26.4. The van der Waals surface area contributed by atoms with Crippen LogP contribution in [0.15, 0.2) is 54.9 Å². The number of ether oxygens (including phenoxy) is 2. The number of nitrogens with one attached hydrogen (secondary N) is 3. The van der Waals surface area contributed by atoms with Gasteiger partial charge in [0, 0.05) is 18.4 Å². The summed E-state index contributed by atoms with van der Waals surface area (Å²) in [4.78, 5) is 34.4. The standard InChI is InChI=1S/C24H28N8O5/c1-32(22-20(26)21(27-13-28-22)30-24(34)29-15-5-3-2-4-6-15)19-10-8-16(37-19)12-36-18-9-7-14(25)11-17(18)23(33)31-35/h2-7,9,11,13,16,19,35H,8,10,12,25-26H2,1H3,(H,31,33)(H2,27,28,29,30,34). The fourth-order valence-corrected chi connectivity index (χ4v) is 3.88. The van der Waals surface area contributed by atoms with Gasteiger partial charge in [0.1, 0.15) is 30.6 Å². The summed E-state index contributed by atoms with van der Waals surface area (Å²) in [6.45, 7) is 0.172. The van der Waals surface area contributed by atoms with Gasteiger partial charge in [-0.2, -0.15) is 0 Å². The van der Waals surface area contributed by atoms with Crippen LogP contribution >= 0.6 is 0 Å². The number of amides is 3. The molecule has 3 aromatic rings. The van der Waals surface area contributed by atoms with Crippen LogP contribution in [0.5, 0.6) is 5.75 Å². The highest BCUT2D eigenvalue weighted by atomic mass is 16.6. The number of urea groups is 1. The van der Waals surface area contributed by atoms with Crippen LogP contribution in [0.4, 0.5) is 33.5 Å². The highest BCUT2D eigenvalue weighted by molar-refractivity contribution is 6.01. The Balaban J connectivity index is 1.36. The number of nitrogens with zero attached hydrogens (tertiary/aromatic N) is 3. The molecule has 2 aromatic carbocycles. The van der Waals surface area contributed by atoms with E-state index < -0.39 is 11.9 Å². The quantitative estimate of drug-likeness (QED) is 0.150. The van der Waals surface area contributed by atoms with Gasteiger partial charge in [0.2, 0.25) is 0 Å². The minimum absolute atomic E-state index is 0.110. The Morgan fingerprint density at radius 2 is 1.92 bits per heavy atom. The first-order valence-electron chi connectivity index (χ1n) is 11.4. The molecule has 37 heavy (non-hydrogen) atoms. The predicted octanol–water partition coefficient (Wildman–Crippen LogP) is 2.42. The van der Waals surface area contributed by atoms with Crippen LogP contribution in [0.2, 0.25) is 0 Å². The Morgan fingerprint density at radius 3 is 2.68 bits per heavy atom. The van der Waals surface area contributed by atoms with Gasteiger partial charge in [0.25, 0.3) is 5.91 Å². The predicted molar refractivity (Wildman–Crippen MR) is 137 cm³/mol. The van der Waals surface area contributed by atoms with Gasteiger partial charge in [-0.25, -0.2) is 20.2 Å². The molecule has 0 aliphatic carbocycles. The first kappa shape index (κ1) is 25.5. The van der Waals surface area contributed by atoms with Crippen molar-refractivity contribution in [2.24, 2.45) is 0 Å². The maximum absolute atomic E-state index is 12.4. The number of hydrogen-bond donors (Lipinski definition) is 6. The average Bonchev–Trinajstić information content (AvgIpc) is 3.38. The van der Waals surface area contributed by atoms with Crippen LogP contribution in [-0.2, 0) is 4.74 Å². The van der Waals surface area contributed by atoms with Crippen LogP contribution < -0.4 is 37.2 Å². The SMILES string of the molecule is CN(c1ncnc(NC(=O)Nc2ccccc2)c1N)C1CCC(COc2ccc(N)cc2C(=O)NO)O1. The summed E-state index contributed by atoms with van der Waals surface area (Å²) in [5.41, 5.74) is 14.9. The highest BCUT2D eigenvalue weighted by Gasteiger charge is 2.31. The number of benzene rings is 2. The number of hydroxylamine groups is 1. The zero-order valence-corrected chi connectivity index (χ0v) is 20.0. The average molecular weight is 509 g/mol. The Hall–Kier alpha value is -4.62. The summed E-state index contributed by atoms with van der Waals surface area (Å²) >= 11 is 0. The molecule has 0 radical (unpaired) electrons. The van der Waals surface area contributed by atoms with Gasteiger partial charge in [-0.05, 0) is 43.2 Å². The Labute approximate surface area is 212 Å². The second-order valence-corrected chi connectivity index (χ2v) is 8.31. The van der Waals surface area contributed by atoms with Crippen molar-refractivity contribution < 1.29 is 24.3 Å². The van der Waals surface area contributed by atoms with Crippen LogP contribution in [0, 0.1) is 0 Å². The highest BCUT2D eigenvalue weighted by Crippen LogP contribution is 2.31. The van der Waals surface area contributed by atoms with Crippen molar-refractivity contribution in [3.05, 3.63) is 60.4 Å². The molecule has 13 nitrogen and oxygen atoms in total. The lowest BCUT2D eigenvalue weighted by Crippen LogP contribution is -2.34. The summed E-state index contributed by atoms with van der Waals surface area (Å²) in [6, 6.07) is 13.1. The molecule has 0 bridgehead atoms. The molecule has 1 aliphatic rings. The molecule has 8 N–H and O–H groups in total. The summed E-state index contributed by atoms with van der Waals surface area (Å²) < 4.78 is 11.9. The molecular weight excluding hydrogens is 480 g/mol. The number of rotatable bonds is 8.